The molecule has 0 saturated heterocycles. The van der Waals surface area contributed by atoms with Crippen molar-refractivity contribution in [2.75, 3.05) is 6.54 Å². The monoisotopic (exact) mass is 340 g/mol. The van der Waals surface area contributed by atoms with Crippen molar-refractivity contribution in [3.05, 3.63) is 47.0 Å². The zero-order chi connectivity index (χ0) is 17.6. The summed E-state index contributed by atoms with van der Waals surface area (Å²) in [5.74, 6) is 1.10. The molecule has 0 spiro atoms. The topological polar surface area (TPSA) is 77.3 Å². The number of nitrogens with zero attached hydrogens (tertiary/aromatic N) is 4. The molecule has 0 fully saturated rings. The van der Waals surface area contributed by atoms with Crippen molar-refractivity contribution in [3.63, 3.8) is 0 Å². The largest absolute Gasteiger partial charge is 0.445 e. The quantitative estimate of drug-likeness (QED) is 0.772. The van der Waals surface area contributed by atoms with Crippen LogP contribution < -0.4 is 0 Å². The van der Waals surface area contributed by atoms with Gasteiger partial charge in [-0.05, 0) is 18.6 Å². The molecule has 7 nitrogen and oxygen atoms in total. The maximum Gasteiger partial charge on any atom is 0.339 e. The molecule has 2 aliphatic rings. The predicted molar refractivity (Wildman–Crippen MR) is 88.8 cm³/mol. The number of carbonyl (C=O) groups is 2. The summed E-state index contributed by atoms with van der Waals surface area (Å²) < 4.78 is 7.62. The minimum Gasteiger partial charge on any atom is -0.445 e. The summed E-state index contributed by atoms with van der Waals surface area (Å²) in [5.41, 5.74) is 0.211. The number of carbonyl (C=O) groups excluding carboxylic acids is 2. The number of aromatic nitrogens is 3. The molecule has 2 aromatic rings. The van der Waals surface area contributed by atoms with Gasteiger partial charge < -0.3 is 14.2 Å². The van der Waals surface area contributed by atoms with Gasteiger partial charge >= 0.3 is 5.97 Å². The van der Waals surface area contributed by atoms with Gasteiger partial charge in [-0.15, -0.1) is 10.2 Å². The number of benzene rings is 1. The third-order valence-corrected chi connectivity index (χ3v) is 4.97. The smallest absolute Gasteiger partial charge is 0.339 e. The average Bonchev–Trinajstić information content (AvgIpc) is 3.03. The number of hydrogen-bond acceptors (Lipinski definition) is 5. The first-order valence-electron chi connectivity index (χ1n) is 8.53. The highest BCUT2D eigenvalue weighted by Gasteiger charge is 2.45. The van der Waals surface area contributed by atoms with Crippen molar-refractivity contribution >= 4 is 11.9 Å². The molecular weight excluding hydrogens is 320 g/mol. The molecule has 1 aromatic heterocycles. The first kappa shape index (κ1) is 15.8. The number of fused-ring (bicyclic) bond motifs is 2. The summed E-state index contributed by atoms with van der Waals surface area (Å²) in [6, 6.07) is 7.28. The summed E-state index contributed by atoms with van der Waals surface area (Å²) in [7, 11) is 0. The van der Waals surface area contributed by atoms with Crippen molar-refractivity contribution in [3.8, 4) is 0 Å². The van der Waals surface area contributed by atoms with Crippen LogP contribution in [0.4, 0.5) is 0 Å². The Hall–Kier alpha value is -2.70. The van der Waals surface area contributed by atoms with Crippen LogP contribution in [-0.2, 0) is 35.5 Å². The van der Waals surface area contributed by atoms with Gasteiger partial charge in [0.05, 0.1) is 12.1 Å². The van der Waals surface area contributed by atoms with Crippen LogP contribution in [-0.4, -0.2) is 43.7 Å². The van der Waals surface area contributed by atoms with Gasteiger partial charge in [-0.1, -0.05) is 25.1 Å². The molecule has 1 amide bonds. The molecule has 7 heteroatoms. The molecule has 2 aliphatic heterocycles. The Morgan fingerprint density at radius 1 is 1.28 bits per heavy atom. The third kappa shape index (κ3) is 2.50. The van der Waals surface area contributed by atoms with E-state index in [9.17, 15) is 9.59 Å². The number of amides is 1. The van der Waals surface area contributed by atoms with Crippen molar-refractivity contribution in [2.45, 2.75) is 45.4 Å². The second-order valence-electron chi connectivity index (χ2n) is 6.72. The van der Waals surface area contributed by atoms with Crippen LogP contribution in [0.15, 0.2) is 24.3 Å². The van der Waals surface area contributed by atoms with Crippen LogP contribution >= 0.6 is 0 Å². The number of hydrogen-bond donors (Lipinski definition) is 0. The lowest BCUT2D eigenvalue weighted by Crippen LogP contribution is -2.54. The van der Waals surface area contributed by atoms with Crippen LogP contribution in [0.25, 0.3) is 0 Å². The zero-order valence-electron chi connectivity index (χ0n) is 14.4. The number of ether oxygens (including phenoxy) is 1. The average molecular weight is 340 g/mol. The molecule has 130 valence electrons. The molecule has 1 atom stereocenters. The Morgan fingerprint density at radius 3 is 2.88 bits per heavy atom. The highest BCUT2D eigenvalue weighted by atomic mass is 16.6. The maximum atomic E-state index is 13.1. The summed E-state index contributed by atoms with van der Waals surface area (Å²) in [5, 5.41) is 8.36. The van der Waals surface area contributed by atoms with E-state index >= 15 is 0 Å². The Kier molecular flexibility index (Phi) is 3.59. The van der Waals surface area contributed by atoms with Gasteiger partial charge in [-0.25, -0.2) is 4.79 Å². The molecule has 0 unspecified atom stereocenters. The van der Waals surface area contributed by atoms with E-state index in [-0.39, 0.29) is 5.91 Å². The number of aryl methyl sites for hydroxylation is 1. The van der Waals surface area contributed by atoms with E-state index in [0.717, 1.165) is 23.6 Å². The van der Waals surface area contributed by atoms with Crippen molar-refractivity contribution in [1.29, 1.82) is 0 Å². The first-order valence-corrected chi connectivity index (χ1v) is 8.53. The van der Waals surface area contributed by atoms with E-state index < -0.39 is 11.6 Å². The second-order valence-corrected chi connectivity index (χ2v) is 6.72. The fraction of sp³-hybridized carbons (Fsp3) is 0.444. The number of rotatable bonds is 2. The molecule has 3 heterocycles. The van der Waals surface area contributed by atoms with E-state index in [4.69, 9.17) is 4.74 Å². The number of esters is 1. The summed E-state index contributed by atoms with van der Waals surface area (Å²) in [6.45, 7) is 5.35. The van der Waals surface area contributed by atoms with Crippen molar-refractivity contribution in [1.82, 2.24) is 19.7 Å². The lowest BCUT2D eigenvalue weighted by atomic mass is 9.88. The Labute approximate surface area is 145 Å². The fourth-order valence-electron chi connectivity index (χ4n) is 3.64. The van der Waals surface area contributed by atoms with Gasteiger partial charge in [0.2, 0.25) is 0 Å². The van der Waals surface area contributed by atoms with Gasteiger partial charge in [0.15, 0.2) is 11.4 Å². The van der Waals surface area contributed by atoms with Crippen LogP contribution in [0.3, 0.4) is 0 Å². The van der Waals surface area contributed by atoms with E-state index in [1.165, 1.54) is 0 Å². The molecule has 25 heavy (non-hydrogen) atoms. The summed E-state index contributed by atoms with van der Waals surface area (Å²) in [4.78, 5) is 27.1. The van der Waals surface area contributed by atoms with E-state index in [1.807, 2.05) is 19.1 Å². The minimum atomic E-state index is -1.18. The number of cyclic esters (lactones) is 1. The van der Waals surface area contributed by atoms with Gasteiger partial charge in [-0.3, -0.25) is 4.79 Å². The second kappa shape index (κ2) is 5.68. The highest BCUT2D eigenvalue weighted by molar-refractivity contribution is 5.97. The fourth-order valence-corrected chi connectivity index (χ4v) is 3.64. The molecule has 1 aromatic carbocycles. The van der Waals surface area contributed by atoms with Crippen LogP contribution in [0.5, 0.6) is 0 Å². The standard InChI is InChI=1S/C18H20N4O3/c1-3-14-19-20-15-11-21(8-9-22(14)15)17(24)18(2)10-12-6-4-5-7-13(12)16(23)25-18/h4-7H,3,8-11H2,1-2H3/t18-/m0/s1. The maximum absolute atomic E-state index is 13.1. The normalized spacial score (nSPS) is 22.2. The Bertz CT molecular complexity index is 860. The molecule has 0 radical (unpaired) electrons. The molecular formula is C18H20N4O3. The van der Waals surface area contributed by atoms with E-state index in [0.29, 0.717) is 31.6 Å². The van der Waals surface area contributed by atoms with Crippen LogP contribution in [0, 0.1) is 0 Å². The van der Waals surface area contributed by atoms with Crippen LogP contribution in [0.2, 0.25) is 0 Å². The summed E-state index contributed by atoms with van der Waals surface area (Å²) >= 11 is 0. The van der Waals surface area contributed by atoms with Gasteiger partial charge in [-0.2, -0.15) is 0 Å². The molecule has 4 rings (SSSR count). The van der Waals surface area contributed by atoms with E-state index in [1.54, 1.807) is 24.0 Å². The van der Waals surface area contributed by atoms with E-state index in [2.05, 4.69) is 14.8 Å². The SMILES string of the molecule is CCc1nnc2n1CCN(C(=O)[C@]1(C)Cc3ccccc3C(=O)O1)C2. The molecule has 0 N–H and O–H groups in total. The third-order valence-electron chi connectivity index (χ3n) is 4.97. The van der Waals surface area contributed by atoms with Gasteiger partial charge in [0.25, 0.3) is 5.91 Å². The summed E-state index contributed by atoms with van der Waals surface area (Å²) in [6.07, 6.45) is 1.20. The minimum absolute atomic E-state index is 0.178. The van der Waals surface area contributed by atoms with Crippen molar-refractivity contribution < 1.29 is 14.3 Å². The first-order chi connectivity index (χ1) is 12.0. The lowest BCUT2D eigenvalue weighted by Gasteiger charge is -2.38. The van der Waals surface area contributed by atoms with Gasteiger partial charge in [0.1, 0.15) is 5.82 Å². The lowest BCUT2D eigenvalue weighted by molar-refractivity contribution is -0.152. The molecule has 0 bridgehead atoms. The Morgan fingerprint density at radius 2 is 2.08 bits per heavy atom. The molecule has 0 aliphatic carbocycles. The Balaban J connectivity index is 1.58. The molecule has 0 saturated carbocycles. The predicted octanol–water partition coefficient (Wildman–Crippen LogP) is 1.35. The zero-order valence-corrected chi connectivity index (χ0v) is 14.4. The van der Waals surface area contributed by atoms with Gasteiger partial charge in [0, 0.05) is 25.9 Å². The van der Waals surface area contributed by atoms with Crippen LogP contribution in [0.1, 0.15) is 41.4 Å². The highest BCUT2D eigenvalue weighted by Crippen LogP contribution is 2.30. The van der Waals surface area contributed by atoms with Crippen molar-refractivity contribution in [2.24, 2.45) is 0 Å².